The van der Waals surface area contributed by atoms with E-state index in [1.807, 2.05) is 11.0 Å². The highest BCUT2D eigenvalue weighted by atomic mass is 32.2. The summed E-state index contributed by atoms with van der Waals surface area (Å²) >= 11 is 0. The summed E-state index contributed by atoms with van der Waals surface area (Å²) in [7, 11) is -3.67. The molecule has 0 radical (unpaired) electrons. The zero-order valence-electron chi connectivity index (χ0n) is 14.2. The van der Waals surface area contributed by atoms with Gasteiger partial charge in [-0.05, 0) is 37.3 Å². The Kier molecular flexibility index (Phi) is 5.03. The largest absolute Gasteiger partial charge is 0.490 e. The third-order valence-electron chi connectivity index (χ3n) is 4.64. The number of anilines is 1. The van der Waals surface area contributed by atoms with Gasteiger partial charge in [-0.3, -0.25) is 0 Å². The molecular weight excluding hydrogens is 328 g/mol. The number of aliphatic hydroxyl groups excluding tert-OH is 1. The van der Waals surface area contributed by atoms with Crippen molar-refractivity contribution in [1.29, 1.82) is 0 Å². The van der Waals surface area contributed by atoms with Crippen molar-refractivity contribution in [2.75, 3.05) is 24.7 Å². The van der Waals surface area contributed by atoms with E-state index in [1.54, 1.807) is 12.1 Å². The number of hydrogen-bond acceptors (Lipinski definition) is 5. The van der Waals surface area contributed by atoms with Crippen LogP contribution in [0.15, 0.2) is 23.1 Å². The lowest BCUT2D eigenvalue weighted by molar-refractivity contribution is 0.261. The number of rotatable bonds is 4. The number of fused-ring (bicyclic) bond motifs is 1. The van der Waals surface area contributed by atoms with Crippen LogP contribution in [0.4, 0.5) is 5.69 Å². The van der Waals surface area contributed by atoms with Crippen molar-refractivity contribution in [1.82, 2.24) is 4.72 Å². The van der Waals surface area contributed by atoms with Crippen LogP contribution >= 0.6 is 0 Å². The molecule has 0 bridgehead atoms. The van der Waals surface area contributed by atoms with E-state index in [1.165, 1.54) is 0 Å². The maximum Gasteiger partial charge on any atom is 0.246 e. The van der Waals surface area contributed by atoms with Crippen molar-refractivity contribution in [3.8, 4) is 5.75 Å². The summed E-state index contributed by atoms with van der Waals surface area (Å²) in [5, 5.41) is 9.59. The Morgan fingerprint density at radius 2 is 2.21 bits per heavy atom. The van der Waals surface area contributed by atoms with Gasteiger partial charge >= 0.3 is 0 Å². The normalized spacial score (nSPS) is 26.1. The molecule has 24 heavy (non-hydrogen) atoms. The van der Waals surface area contributed by atoms with Crippen LogP contribution in [-0.4, -0.2) is 45.4 Å². The van der Waals surface area contributed by atoms with Gasteiger partial charge in [0.2, 0.25) is 10.0 Å². The van der Waals surface area contributed by atoms with E-state index in [9.17, 15) is 13.5 Å². The Morgan fingerprint density at radius 1 is 1.42 bits per heavy atom. The van der Waals surface area contributed by atoms with E-state index >= 15 is 0 Å². The molecule has 3 rings (SSSR count). The lowest BCUT2D eigenvalue weighted by Crippen LogP contribution is -2.38. The molecule has 2 heterocycles. The lowest BCUT2D eigenvalue weighted by atomic mass is 10.1. The summed E-state index contributed by atoms with van der Waals surface area (Å²) in [6.07, 6.45) is 2.54. The van der Waals surface area contributed by atoms with Gasteiger partial charge in [0.1, 0.15) is 17.3 Å². The lowest BCUT2D eigenvalue weighted by Gasteiger charge is -2.27. The van der Waals surface area contributed by atoms with Crippen molar-refractivity contribution < 1.29 is 18.3 Å². The van der Waals surface area contributed by atoms with Gasteiger partial charge in [-0.2, -0.15) is 0 Å². The molecule has 1 saturated heterocycles. The molecule has 0 unspecified atom stereocenters. The van der Waals surface area contributed by atoms with Crippen molar-refractivity contribution in [2.45, 2.75) is 50.1 Å². The summed E-state index contributed by atoms with van der Waals surface area (Å²) in [4.78, 5) is 2.20. The minimum absolute atomic E-state index is 0.0218. The quantitative estimate of drug-likeness (QED) is 0.861. The van der Waals surface area contributed by atoms with E-state index in [0.717, 1.165) is 25.8 Å². The second-order valence-corrected chi connectivity index (χ2v) is 8.69. The molecule has 2 aliphatic rings. The summed E-state index contributed by atoms with van der Waals surface area (Å²) in [6, 6.07) is 5.06. The Balaban J connectivity index is 2.01. The smallest absolute Gasteiger partial charge is 0.246 e. The van der Waals surface area contributed by atoms with Crippen LogP contribution < -0.4 is 14.4 Å². The number of sulfonamides is 1. The maximum absolute atomic E-state index is 13.0. The summed E-state index contributed by atoms with van der Waals surface area (Å²) < 4.78 is 34.6. The Hall–Kier alpha value is -1.31. The molecule has 134 valence electrons. The first-order chi connectivity index (χ1) is 11.4. The summed E-state index contributed by atoms with van der Waals surface area (Å²) in [5.74, 6) is 0.772. The molecule has 0 aromatic heterocycles. The van der Waals surface area contributed by atoms with Crippen LogP contribution in [-0.2, 0) is 10.0 Å². The molecule has 0 aliphatic carbocycles. The van der Waals surface area contributed by atoms with Gasteiger partial charge in [-0.15, -0.1) is 0 Å². The highest BCUT2D eigenvalue weighted by Gasteiger charge is 2.35. The van der Waals surface area contributed by atoms with Gasteiger partial charge in [0, 0.05) is 6.54 Å². The highest BCUT2D eigenvalue weighted by molar-refractivity contribution is 7.89. The first-order valence-corrected chi connectivity index (χ1v) is 10.1. The molecule has 2 aliphatic heterocycles. The predicted octanol–water partition coefficient (Wildman–Crippen LogP) is 1.73. The molecule has 1 aromatic carbocycles. The number of nitrogens with zero attached hydrogens (tertiary/aromatic N) is 1. The highest BCUT2D eigenvalue weighted by Crippen LogP contribution is 2.38. The van der Waals surface area contributed by atoms with Crippen LogP contribution in [0.1, 0.15) is 33.1 Å². The van der Waals surface area contributed by atoms with E-state index in [0.29, 0.717) is 24.0 Å². The Labute approximate surface area is 143 Å². The molecule has 6 nitrogen and oxygen atoms in total. The average Bonchev–Trinajstić information content (AvgIpc) is 2.95. The Bertz CT molecular complexity index is 690. The van der Waals surface area contributed by atoms with Crippen molar-refractivity contribution in [3.63, 3.8) is 0 Å². The van der Waals surface area contributed by atoms with Crippen LogP contribution in [0.3, 0.4) is 0 Å². The van der Waals surface area contributed by atoms with E-state index in [-0.39, 0.29) is 23.6 Å². The topological polar surface area (TPSA) is 78.9 Å². The molecular formula is C17H26N2O4S. The number of ether oxygens (including phenoxy) is 1. The minimum atomic E-state index is -3.67. The van der Waals surface area contributed by atoms with Crippen LogP contribution in [0, 0.1) is 5.92 Å². The summed E-state index contributed by atoms with van der Waals surface area (Å²) in [5.41, 5.74) is 0.627. The second-order valence-electron chi connectivity index (χ2n) is 7.04. The van der Waals surface area contributed by atoms with E-state index in [2.05, 4.69) is 18.6 Å². The van der Waals surface area contributed by atoms with E-state index in [4.69, 9.17) is 4.74 Å². The first-order valence-electron chi connectivity index (χ1n) is 8.58. The molecule has 7 heteroatoms. The maximum atomic E-state index is 13.0. The second kappa shape index (κ2) is 6.90. The molecule has 0 spiro atoms. The molecule has 2 N–H and O–H groups in total. The van der Waals surface area contributed by atoms with Crippen molar-refractivity contribution >= 4 is 15.7 Å². The van der Waals surface area contributed by atoms with Gasteiger partial charge in [-0.1, -0.05) is 19.9 Å². The van der Waals surface area contributed by atoms with E-state index < -0.39 is 10.0 Å². The predicted molar refractivity (Wildman–Crippen MR) is 93.0 cm³/mol. The molecule has 1 aromatic rings. The molecule has 0 amide bonds. The molecule has 2 atom stereocenters. The minimum Gasteiger partial charge on any atom is -0.490 e. The number of benzene rings is 1. The zero-order valence-corrected chi connectivity index (χ0v) is 15.1. The molecule has 0 saturated carbocycles. The zero-order chi connectivity index (χ0) is 17.3. The van der Waals surface area contributed by atoms with Crippen LogP contribution in [0.25, 0.3) is 0 Å². The number of hydrogen-bond donors (Lipinski definition) is 2. The van der Waals surface area contributed by atoms with Gasteiger partial charge in [0.25, 0.3) is 0 Å². The van der Waals surface area contributed by atoms with Gasteiger partial charge < -0.3 is 14.7 Å². The fraction of sp³-hybridized carbons (Fsp3) is 0.647. The Morgan fingerprint density at radius 3 is 2.92 bits per heavy atom. The number of nitrogens with one attached hydrogen (secondary N) is 1. The average molecular weight is 354 g/mol. The first kappa shape index (κ1) is 17.5. The fourth-order valence-corrected chi connectivity index (χ4v) is 5.22. The summed E-state index contributed by atoms with van der Waals surface area (Å²) in [6.45, 7) is 5.22. The van der Waals surface area contributed by atoms with Gasteiger partial charge in [0.05, 0.1) is 24.4 Å². The van der Waals surface area contributed by atoms with Crippen LogP contribution in [0.5, 0.6) is 5.75 Å². The van der Waals surface area contributed by atoms with Crippen molar-refractivity contribution in [3.05, 3.63) is 18.2 Å². The third-order valence-corrected chi connectivity index (χ3v) is 6.23. The molecule has 1 fully saturated rings. The van der Waals surface area contributed by atoms with Gasteiger partial charge in [-0.25, -0.2) is 13.1 Å². The SMILES string of the molecule is CC(C)C[C@@H]1COc2cccc(N3CCC[C@H]3CO)c2S(=O)(=O)N1. The monoisotopic (exact) mass is 354 g/mol. The number of aliphatic hydroxyl groups is 1. The van der Waals surface area contributed by atoms with Gasteiger partial charge in [0.15, 0.2) is 0 Å². The third kappa shape index (κ3) is 3.38. The van der Waals surface area contributed by atoms with Crippen molar-refractivity contribution in [2.24, 2.45) is 5.92 Å². The fourth-order valence-electron chi connectivity index (χ4n) is 3.64. The van der Waals surface area contributed by atoms with Crippen LogP contribution in [0.2, 0.25) is 0 Å². The standard InChI is InChI=1S/C17H26N2O4S/c1-12(2)9-13-11-23-16-7-3-6-15(17(16)24(21,22)18-13)19-8-4-5-14(19)10-20/h3,6-7,12-14,18,20H,4-5,8-11H2,1-2H3/t13-,14+/m1/s1.